The molecule has 0 saturated carbocycles. The fourth-order valence-corrected chi connectivity index (χ4v) is 5.43. The van der Waals surface area contributed by atoms with Gasteiger partial charge in [0, 0.05) is 36.1 Å². The van der Waals surface area contributed by atoms with Crippen molar-refractivity contribution >= 4 is 39.1 Å². The highest BCUT2D eigenvalue weighted by Crippen LogP contribution is 2.34. The minimum absolute atomic E-state index is 0.0590. The Balaban J connectivity index is 1.78. The van der Waals surface area contributed by atoms with Gasteiger partial charge in [0.2, 0.25) is 21.8 Å². The van der Waals surface area contributed by atoms with E-state index in [2.05, 4.69) is 5.32 Å². The largest absolute Gasteiger partial charge is 0.486 e. The van der Waals surface area contributed by atoms with Gasteiger partial charge in [-0.3, -0.25) is 13.9 Å². The maximum absolute atomic E-state index is 13.6. The van der Waals surface area contributed by atoms with Crippen molar-refractivity contribution in [3.05, 3.63) is 53.1 Å². The Labute approximate surface area is 236 Å². The van der Waals surface area contributed by atoms with Gasteiger partial charge < -0.3 is 19.7 Å². The maximum Gasteiger partial charge on any atom is 0.243 e. The van der Waals surface area contributed by atoms with Crippen LogP contribution in [0.3, 0.4) is 0 Å². The number of ether oxygens (including phenoxy) is 2. The number of rotatable bonds is 11. The normalized spacial score (nSPS) is 13.9. The molecule has 214 valence electrons. The van der Waals surface area contributed by atoms with E-state index in [1.165, 1.54) is 4.31 Å². The second-order valence-corrected chi connectivity index (χ2v) is 12.9. The van der Waals surface area contributed by atoms with E-state index in [1.54, 1.807) is 35.2 Å². The quantitative estimate of drug-likeness (QED) is 0.423. The van der Waals surface area contributed by atoms with Crippen molar-refractivity contribution < 1.29 is 27.5 Å². The summed E-state index contributed by atoms with van der Waals surface area (Å²) in [5.74, 6) is 0.566. The lowest BCUT2D eigenvalue weighted by Crippen LogP contribution is -2.53. The third kappa shape index (κ3) is 8.76. The summed E-state index contributed by atoms with van der Waals surface area (Å²) in [6, 6.07) is 11.4. The van der Waals surface area contributed by atoms with Crippen molar-refractivity contribution in [1.82, 2.24) is 10.2 Å². The van der Waals surface area contributed by atoms with Crippen molar-refractivity contribution in [3.63, 3.8) is 0 Å². The molecule has 1 heterocycles. The number of carbonyl (C=O) groups excluding carboxylic acids is 2. The average Bonchev–Trinajstić information content (AvgIpc) is 2.85. The summed E-state index contributed by atoms with van der Waals surface area (Å²) in [5.41, 5.74) is 0.811. The van der Waals surface area contributed by atoms with Crippen LogP contribution in [0.15, 0.2) is 42.5 Å². The Hall–Kier alpha value is -2.98. The average molecular weight is 580 g/mol. The van der Waals surface area contributed by atoms with Gasteiger partial charge in [0.25, 0.3) is 0 Å². The summed E-state index contributed by atoms with van der Waals surface area (Å²) in [5, 5.41) is 3.56. The predicted octanol–water partition coefficient (Wildman–Crippen LogP) is 4.38. The van der Waals surface area contributed by atoms with Crippen LogP contribution in [-0.4, -0.2) is 62.7 Å². The zero-order valence-corrected chi connectivity index (χ0v) is 24.8. The molecule has 2 aromatic carbocycles. The van der Waals surface area contributed by atoms with Crippen LogP contribution in [0.25, 0.3) is 0 Å². The molecule has 2 aromatic rings. The third-order valence-corrected chi connectivity index (χ3v) is 7.56. The Morgan fingerprint density at radius 1 is 1.05 bits per heavy atom. The smallest absolute Gasteiger partial charge is 0.243 e. The zero-order chi connectivity index (χ0) is 28.8. The van der Waals surface area contributed by atoms with Gasteiger partial charge in [-0.25, -0.2) is 8.42 Å². The zero-order valence-electron chi connectivity index (χ0n) is 23.2. The molecule has 1 aliphatic heterocycles. The molecule has 0 aromatic heterocycles. The van der Waals surface area contributed by atoms with Crippen LogP contribution in [0.4, 0.5) is 5.69 Å². The van der Waals surface area contributed by atoms with E-state index in [9.17, 15) is 18.0 Å². The molecule has 0 spiro atoms. The van der Waals surface area contributed by atoms with Crippen LogP contribution < -0.4 is 19.1 Å². The molecule has 1 aliphatic rings. The van der Waals surface area contributed by atoms with Crippen LogP contribution >= 0.6 is 11.6 Å². The molecule has 9 nitrogen and oxygen atoms in total. The van der Waals surface area contributed by atoms with E-state index in [0.717, 1.165) is 11.8 Å². The number of nitrogens with zero attached hydrogens (tertiary/aromatic N) is 2. The topological polar surface area (TPSA) is 105 Å². The Kier molecular flexibility index (Phi) is 10.1. The minimum atomic E-state index is -3.63. The fourth-order valence-electron chi connectivity index (χ4n) is 4.35. The highest BCUT2D eigenvalue weighted by Gasteiger charge is 2.31. The number of anilines is 1. The van der Waals surface area contributed by atoms with Gasteiger partial charge in [0.1, 0.15) is 19.3 Å². The van der Waals surface area contributed by atoms with Gasteiger partial charge in [0.15, 0.2) is 11.5 Å². The van der Waals surface area contributed by atoms with Crippen LogP contribution in [0.2, 0.25) is 5.02 Å². The molecule has 3 rings (SSSR count). The SMILES string of the molecule is CC[C@H](C(=O)NC(C)(C)C)N(Cc1ccc(Cl)cc1)C(=O)CCCN(c1ccc2c(c1)OCCO2)S(C)(=O)=O. The van der Waals surface area contributed by atoms with Gasteiger partial charge in [-0.1, -0.05) is 30.7 Å². The van der Waals surface area contributed by atoms with Gasteiger partial charge in [-0.2, -0.15) is 0 Å². The summed E-state index contributed by atoms with van der Waals surface area (Å²) >= 11 is 6.04. The number of fused-ring (bicyclic) bond motifs is 1. The monoisotopic (exact) mass is 579 g/mol. The molecule has 2 amide bonds. The lowest BCUT2D eigenvalue weighted by molar-refractivity contribution is -0.142. The van der Waals surface area contributed by atoms with E-state index < -0.39 is 21.6 Å². The van der Waals surface area contributed by atoms with Crippen molar-refractivity contribution in [2.75, 3.05) is 30.3 Å². The van der Waals surface area contributed by atoms with E-state index >= 15 is 0 Å². The van der Waals surface area contributed by atoms with Gasteiger partial charge in [0.05, 0.1) is 11.9 Å². The van der Waals surface area contributed by atoms with Crippen LogP contribution in [-0.2, 0) is 26.2 Å². The number of hydrogen-bond acceptors (Lipinski definition) is 6. The summed E-state index contributed by atoms with van der Waals surface area (Å²) < 4.78 is 37.7. The van der Waals surface area contributed by atoms with Crippen LogP contribution in [0.1, 0.15) is 52.5 Å². The summed E-state index contributed by atoms with van der Waals surface area (Å²) in [6.45, 7) is 8.66. The summed E-state index contributed by atoms with van der Waals surface area (Å²) in [4.78, 5) is 28.3. The minimum Gasteiger partial charge on any atom is -0.486 e. The van der Waals surface area contributed by atoms with Crippen molar-refractivity contribution in [1.29, 1.82) is 0 Å². The molecule has 0 unspecified atom stereocenters. The Bertz CT molecular complexity index is 1260. The molecule has 0 aliphatic carbocycles. The van der Waals surface area contributed by atoms with Gasteiger partial charge in [-0.05, 0) is 63.4 Å². The van der Waals surface area contributed by atoms with Crippen molar-refractivity contribution in [3.8, 4) is 11.5 Å². The van der Waals surface area contributed by atoms with Crippen LogP contribution in [0.5, 0.6) is 11.5 Å². The second kappa shape index (κ2) is 12.9. The highest BCUT2D eigenvalue weighted by atomic mass is 35.5. The van der Waals surface area contributed by atoms with Crippen LogP contribution in [0, 0.1) is 0 Å². The number of amides is 2. The highest BCUT2D eigenvalue weighted by molar-refractivity contribution is 7.92. The first-order valence-electron chi connectivity index (χ1n) is 13.0. The number of nitrogens with one attached hydrogen (secondary N) is 1. The number of carbonyl (C=O) groups is 2. The number of benzene rings is 2. The lowest BCUT2D eigenvalue weighted by Gasteiger charge is -2.33. The first-order chi connectivity index (χ1) is 18.3. The summed E-state index contributed by atoms with van der Waals surface area (Å²) in [7, 11) is -3.63. The van der Waals surface area contributed by atoms with Crippen molar-refractivity contribution in [2.45, 2.75) is 65.1 Å². The molecule has 0 fully saturated rings. The number of halogens is 1. The predicted molar refractivity (Wildman–Crippen MR) is 153 cm³/mol. The van der Waals surface area contributed by atoms with E-state index in [4.69, 9.17) is 21.1 Å². The molecule has 0 radical (unpaired) electrons. The van der Waals surface area contributed by atoms with Gasteiger partial charge >= 0.3 is 0 Å². The molecule has 0 saturated heterocycles. The number of hydrogen-bond donors (Lipinski definition) is 1. The fraction of sp³-hybridized carbons (Fsp3) is 0.500. The Morgan fingerprint density at radius 3 is 2.28 bits per heavy atom. The molecule has 1 atom stereocenters. The Morgan fingerprint density at radius 2 is 1.69 bits per heavy atom. The molecule has 0 bridgehead atoms. The van der Waals surface area contributed by atoms with E-state index in [0.29, 0.717) is 41.8 Å². The lowest BCUT2D eigenvalue weighted by atomic mass is 10.0. The van der Waals surface area contributed by atoms with E-state index in [-0.39, 0.29) is 37.7 Å². The number of sulfonamides is 1. The molecule has 1 N–H and O–H groups in total. The first kappa shape index (κ1) is 30.6. The van der Waals surface area contributed by atoms with E-state index in [1.807, 2.05) is 39.8 Å². The van der Waals surface area contributed by atoms with Crippen molar-refractivity contribution in [2.24, 2.45) is 0 Å². The van der Waals surface area contributed by atoms with Gasteiger partial charge in [-0.15, -0.1) is 0 Å². The molecular weight excluding hydrogens is 542 g/mol. The molecule has 11 heteroatoms. The molecular formula is C28H38ClN3O6S. The second-order valence-electron chi connectivity index (χ2n) is 10.6. The third-order valence-electron chi connectivity index (χ3n) is 6.12. The first-order valence-corrected chi connectivity index (χ1v) is 15.2. The maximum atomic E-state index is 13.6. The summed E-state index contributed by atoms with van der Waals surface area (Å²) in [6.07, 6.45) is 1.87. The standard InChI is InChI=1S/C28H38ClN3O6S/c1-6-23(27(34)30-28(2,3)4)31(19-20-9-11-21(29)12-10-20)26(33)8-7-15-32(39(5,35)36)22-13-14-24-25(18-22)38-17-16-37-24/h9-14,18,23H,6-8,15-17,19H2,1-5H3,(H,30,34)/t23-/m1/s1. The molecule has 39 heavy (non-hydrogen) atoms.